The fraction of sp³-hybridized carbons (Fsp3) is 0.625. The lowest BCUT2D eigenvalue weighted by atomic mass is 10.2. The first kappa shape index (κ1) is 17.0. The van der Waals surface area contributed by atoms with Crippen LogP contribution in [0.2, 0.25) is 0 Å². The molecule has 0 aliphatic carbocycles. The number of methoxy groups -OCH3 is 2. The first-order valence-electron chi connectivity index (χ1n) is 7.58. The number of hydrogen-bond acceptors (Lipinski definition) is 6. The summed E-state index contributed by atoms with van der Waals surface area (Å²) in [4.78, 5) is 4.53. The van der Waals surface area contributed by atoms with E-state index in [9.17, 15) is 0 Å². The average Bonchev–Trinajstić information content (AvgIpc) is 2.54. The molecule has 1 unspecified atom stereocenters. The molecule has 0 fully saturated rings. The minimum atomic E-state index is -0.257. The van der Waals surface area contributed by atoms with Crippen molar-refractivity contribution in [2.45, 2.75) is 12.5 Å². The van der Waals surface area contributed by atoms with Gasteiger partial charge in [-0.1, -0.05) is 12.1 Å². The van der Waals surface area contributed by atoms with Crippen LogP contribution in [-0.4, -0.2) is 71.9 Å². The molecule has 1 N–H and O–H groups in total. The molecule has 1 aromatic carbocycles. The van der Waals surface area contributed by atoms with Crippen molar-refractivity contribution in [2.24, 2.45) is 0 Å². The van der Waals surface area contributed by atoms with Crippen LogP contribution in [0.25, 0.3) is 0 Å². The summed E-state index contributed by atoms with van der Waals surface area (Å²) in [6, 6.07) is 8.16. The highest BCUT2D eigenvalue weighted by Gasteiger charge is 2.27. The summed E-state index contributed by atoms with van der Waals surface area (Å²) in [5.41, 5.74) is 1.12. The van der Waals surface area contributed by atoms with E-state index in [1.165, 1.54) is 0 Å². The van der Waals surface area contributed by atoms with Crippen molar-refractivity contribution in [3.8, 4) is 5.75 Å². The number of hydrogen-bond donors (Lipinski definition) is 1. The maximum absolute atomic E-state index is 5.87. The van der Waals surface area contributed by atoms with Gasteiger partial charge in [0.2, 0.25) is 0 Å². The van der Waals surface area contributed by atoms with Crippen LogP contribution in [0.4, 0.5) is 5.69 Å². The van der Waals surface area contributed by atoms with Crippen molar-refractivity contribution < 1.29 is 14.2 Å². The Balaban J connectivity index is 2.07. The van der Waals surface area contributed by atoms with Gasteiger partial charge in [0.25, 0.3) is 0 Å². The smallest absolute Gasteiger partial charge is 0.169 e. The van der Waals surface area contributed by atoms with Gasteiger partial charge in [-0.05, 0) is 26.2 Å². The van der Waals surface area contributed by atoms with E-state index in [0.29, 0.717) is 13.2 Å². The number of nitrogens with zero attached hydrogens (tertiary/aromatic N) is 2. The van der Waals surface area contributed by atoms with Gasteiger partial charge in [0.05, 0.1) is 5.69 Å². The zero-order valence-electron chi connectivity index (χ0n) is 13.9. The third kappa shape index (κ3) is 4.33. The van der Waals surface area contributed by atoms with Gasteiger partial charge in [0, 0.05) is 33.9 Å². The van der Waals surface area contributed by atoms with E-state index in [4.69, 9.17) is 14.2 Å². The van der Waals surface area contributed by atoms with Crippen molar-refractivity contribution in [3.05, 3.63) is 24.3 Å². The van der Waals surface area contributed by atoms with Crippen molar-refractivity contribution in [3.63, 3.8) is 0 Å². The zero-order valence-corrected chi connectivity index (χ0v) is 13.9. The maximum Gasteiger partial charge on any atom is 0.169 e. The van der Waals surface area contributed by atoms with Crippen molar-refractivity contribution in [1.29, 1.82) is 0 Å². The van der Waals surface area contributed by atoms with E-state index in [-0.39, 0.29) is 12.5 Å². The molecular formula is C16H27N3O3. The van der Waals surface area contributed by atoms with Crippen LogP contribution in [-0.2, 0) is 9.47 Å². The number of benzene rings is 1. The van der Waals surface area contributed by atoms with Crippen LogP contribution < -0.4 is 15.0 Å². The Labute approximate surface area is 132 Å². The summed E-state index contributed by atoms with van der Waals surface area (Å²) in [5.74, 6) is 0.939. The van der Waals surface area contributed by atoms with E-state index in [1.807, 2.05) is 18.2 Å². The second-order valence-corrected chi connectivity index (χ2v) is 5.60. The molecule has 0 amide bonds. The highest BCUT2D eigenvalue weighted by molar-refractivity contribution is 5.60. The Morgan fingerprint density at radius 1 is 1.32 bits per heavy atom. The molecule has 0 radical (unpaired) electrons. The summed E-state index contributed by atoms with van der Waals surface area (Å²) < 4.78 is 16.4. The van der Waals surface area contributed by atoms with Crippen LogP contribution in [0.3, 0.4) is 0 Å². The molecule has 6 heteroatoms. The SMILES string of the molecule is COC(CNC1COc2ccccc2N1CCN(C)C)OC. The van der Waals surface area contributed by atoms with Crippen LogP contribution in [0.15, 0.2) is 24.3 Å². The molecular weight excluding hydrogens is 282 g/mol. The zero-order chi connectivity index (χ0) is 15.9. The Morgan fingerprint density at radius 3 is 2.73 bits per heavy atom. The second-order valence-electron chi connectivity index (χ2n) is 5.60. The molecule has 0 aromatic heterocycles. The van der Waals surface area contributed by atoms with Gasteiger partial charge in [-0.3, -0.25) is 5.32 Å². The van der Waals surface area contributed by atoms with E-state index in [1.54, 1.807) is 14.2 Å². The molecule has 1 atom stereocenters. The van der Waals surface area contributed by atoms with E-state index in [0.717, 1.165) is 24.5 Å². The van der Waals surface area contributed by atoms with Gasteiger partial charge in [-0.2, -0.15) is 0 Å². The quantitative estimate of drug-likeness (QED) is 0.723. The molecule has 0 saturated heterocycles. The molecule has 1 aliphatic rings. The van der Waals surface area contributed by atoms with Crippen LogP contribution in [0.5, 0.6) is 5.75 Å². The predicted molar refractivity (Wildman–Crippen MR) is 87.4 cm³/mol. The van der Waals surface area contributed by atoms with Gasteiger partial charge in [-0.25, -0.2) is 0 Å². The van der Waals surface area contributed by atoms with Gasteiger partial charge < -0.3 is 24.0 Å². The number of fused-ring (bicyclic) bond motifs is 1. The van der Waals surface area contributed by atoms with E-state index < -0.39 is 0 Å². The number of ether oxygens (including phenoxy) is 3. The van der Waals surface area contributed by atoms with Crippen molar-refractivity contribution >= 4 is 5.69 Å². The van der Waals surface area contributed by atoms with Crippen LogP contribution >= 0.6 is 0 Å². The monoisotopic (exact) mass is 309 g/mol. The summed E-state index contributed by atoms with van der Waals surface area (Å²) in [6.45, 7) is 3.12. The van der Waals surface area contributed by atoms with Crippen molar-refractivity contribution in [1.82, 2.24) is 10.2 Å². The number of anilines is 1. The Morgan fingerprint density at radius 2 is 2.05 bits per heavy atom. The number of nitrogens with one attached hydrogen (secondary N) is 1. The molecule has 1 aromatic rings. The fourth-order valence-corrected chi connectivity index (χ4v) is 2.49. The lowest BCUT2D eigenvalue weighted by molar-refractivity contribution is -0.100. The standard InChI is InChI=1S/C16H27N3O3/c1-18(2)9-10-19-13-7-5-6-8-14(13)22-12-15(19)17-11-16(20-3)21-4/h5-8,15-17H,9-12H2,1-4H3. The highest BCUT2D eigenvalue weighted by atomic mass is 16.7. The lowest BCUT2D eigenvalue weighted by Crippen LogP contribution is -2.55. The molecule has 22 heavy (non-hydrogen) atoms. The number of rotatable bonds is 8. The molecule has 0 spiro atoms. The van der Waals surface area contributed by atoms with Gasteiger partial charge >= 0.3 is 0 Å². The Bertz CT molecular complexity index is 452. The van der Waals surface area contributed by atoms with Crippen LogP contribution in [0, 0.1) is 0 Å². The molecule has 124 valence electrons. The maximum atomic E-state index is 5.87. The number of likely N-dealkylation sites (N-methyl/N-ethyl adjacent to an activating group) is 1. The topological polar surface area (TPSA) is 46.2 Å². The molecule has 2 rings (SSSR count). The number of para-hydroxylation sites is 2. The second kappa shape index (κ2) is 8.33. The summed E-state index contributed by atoms with van der Waals surface area (Å²) in [7, 11) is 7.46. The summed E-state index contributed by atoms with van der Waals surface area (Å²) in [6.07, 6.45) is -0.157. The fourth-order valence-electron chi connectivity index (χ4n) is 2.49. The van der Waals surface area contributed by atoms with E-state index in [2.05, 4.69) is 35.3 Å². The van der Waals surface area contributed by atoms with Gasteiger partial charge in [0.15, 0.2) is 6.29 Å². The molecule has 1 aliphatic heterocycles. The molecule has 0 saturated carbocycles. The average molecular weight is 309 g/mol. The third-order valence-corrected chi connectivity index (χ3v) is 3.78. The lowest BCUT2D eigenvalue weighted by Gasteiger charge is -2.39. The van der Waals surface area contributed by atoms with Crippen LogP contribution in [0.1, 0.15) is 0 Å². The van der Waals surface area contributed by atoms with E-state index >= 15 is 0 Å². The normalized spacial score (nSPS) is 17.7. The Hall–Kier alpha value is -1.34. The minimum Gasteiger partial charge on any atom is -0.488 e. The van der Waals surface area contributed by atoms with Gasteiger partial charge in [-0.15, -0.1) is 0 Å². The predicted octanol–water partition coefficient (Wildman–Crippen LogP) is 0.982. The molecule has 0 bridgehead atoms. The summed E-state index contributed by atoms with van der Waals surface area (Å²) >= 11 is 0. The summed E-state index contributed by atoms with van der Waals surface area (Å²) in [5, 5.41) is 3.47. The molecule has 6 nitrogen and oxygen atoms in total. The minimum absolute atomic E-state index is 0.0997. The third-order valence-electron chi connectivity index (χ3n) is 3.78. The van der Waals surface area contributed by atoms with Gasteiger partial charge in [0.1, 0.15) is 18.5 Å². The van der Waals surface area contributed by atoms with Crippen molar-refractivity contribution in [2.75, 3.05) is 59.5 Å². The highest BCUT2D eigenvalue weighted by Crippen LogP contribution is 2.32. The first-order valence-corrected chi connectivity index (χ1v) is 7.58. The Kier molecular flexibility index (Phi) is 6.45. The molecule has 1 heterocycles. The first-order chi connectivity index (χ1) is 10.7. The largest absolute Gasteiger partial charge is 0.488 e.